The number of rotatable bonds is 9. The summed E-state index contributed by atoms with van der Waals surface area (Å²) in [5, 5.41) is 5.60. The lowest BCUT2D eigenvalue weighted by Gasteiger charge is -2.14. The molecule has 0 heterocycles. The molecule has 2 rings (SSSR count). The van der Waals surface area contributed by atoms with Crippen LogP contribution >= 0.6 is 12.2 Å². The second-order valence-electron chi connectivity index (χ2n) is 7.05. The number of amides is 1. The van der Waals surface area contributed by atoms with Gasteiger partial charge in [0.2, 0.25) is 0 Å². The molecule has 0 atom stereocenters. The summed E-state index contributed by atoms with van der Waals surface area (Å²) < 4.78 is 10.9. The molecule has 30 heavy (non-hydrogen) atoms. The first-order chi connectivity index (χ1) is 14.4. The molecular formula is C23H28N2O4S. The van der Waals surface area contributed by atoms with Gasteiger partial charge < -0.3 is 14.8 Å². The molecule has 0 fully saturated rings. The van der Waals surface area contributed by atoms with E-state index in [4.69, 9.17) is 21.7 Å². The molecular weight excluding hydrogens is 400 g/mol. The van der Waals surface area contributed by atoms with Crippen LogP contribution in [0.2, 0.25) is 0 Å². The Morgan fingerprint density at radius 2 is 1.87 bits per heavy atom. The zero-order valence-corrected chi connectivity index (χ0v) is 18.4. The van der Waals surface area contributed by atoms with Gasteiger partial charge in [0.25, 0.3) is 5.91 Å². The van der Waals surface area contributed by atoms with Crippen molar-refractivity contribution < 1.29 is 19.1 Å². The Hall–Kier alpha value is -2.93. The minimum atomic E-state index is -0.390. The zero-order chi connectivity index (χ0) is 21.9. The fraction of sp³-hybridized carbons (Fsp3) is 0.348. The van der Waals surface area contributed by atoms with E-state index in [0.29, 0.717) is 23.6 Å². The molecule has 160 valence electrons. The zero-order valence-electron chi connectivity index (χ0n) is 17.6. The molecule has 0 saturated carbocycles. The number of esters is 1. The van der Waals surface area contributed by atoms with E-state index < -0.39 is 0 Å². The lowest BCUT2D eigenvalue weighted by molar-refractivity contribution is -0.121. The third-order valence-electron chi connectivity index (χ3n) is 4.24. The quantitative estimate of drug-likeness (QED) is 0.344. The highest BCUT2D eigenvalue weighted by Gasteiger charge is 2.11. The van der Waals surface area contributed by atoms with Gasteiger partial charge in [0.1, 0.15) is 5.75 Å². The third-order valence-corrected chi connectivity index (χ3v) is 4.44. The summed E-state index contributed by atoms with van der Waals surface area (Å²) in [7, 11) is 0. The van der Waals surface area contributed by atoms with Gasteiger partial charge >= 0.3 is 5.97 Å². The molecule has 2 N–H and O–H groups in total. The molecule has 0 spiro atoms. The number of carbonyl (C=O) groups is 2. The molecule has 0 radical (unpaired) electrons. The minimum Gasteiger partial charge on any atom is -0.483 e. The predicted molar refractivity (Wildman–Crippen MR) is 122 cm³/mol. The smallest absolute Gasteiger partial charge is 0.338 e. The summed E-state index contributed by atoms with van der Waals surface area (Å²) in [6.45, 7) is 6.39. The molecule has 7 heteroatoms. The van der Waals surface area contributed by atoms with E-state index in [2.05, 4.69) is 24.5 Å². The number of unbranched alkanes of at least 4 members (excludes halogenated alkanes) is 1. The average molecular weight is 429 g/mol. The van der Waals surface area contributed by atoms with Crippen molar-refractivity contribution in [2.45, 2.75) is 39.5 Å². The molecule has 2 aromatic rings. The number of benzene rings is 2. The highest BCUT2D eigenvalue weighted by molar-refractivity contribution is 7.80. The van der Waals surface area contributed by atoms with Gasteiger partial charge in [-0.15, -0.1) is 0 Å². The molecule has 6 nitrogen and oxygen atoms in total. The molecule has 2 aromatic carbocycles. The first-order valence-corrected chi connectivity index (χ1v) is 10.4. The molecule has 0 unspecified atom stereocenters. The summed E-state index contributed by atoms with van der Waals surface area (Å²) in [5.41, 5.74) is 2.03. The van der Waals surface area contributed by atoms with Gasteiger partial charge in [-0.1, -0.05) is 51.5 Å². The molecule has 0 aliphatic rings. The topological polar surface area (TPSA) is 76.7 Å². The van der Waals surface area contributed by atoms with Crippen LogP contribution in [0, 0.1) is 0 Å². The van der Waals surface area contributed by atoms with Crippen LogP contribution in [0.4, 0.5) is 5.69 Å². The Morgan fingerprint density at radius 1 is 1.10 bits per heavy atom. The van der Waals surface area contributed by atoms with Gasteiger partial charge in [-0.25, -0.2) is 4.79 Å². The fourth-order valence-corrected chi connectivity index (χ4v) is 2.91. The highest BCUT2D eigenvalue weighted by atomic mass is 32.1. The third kappa shape index (κ3) is 7.48. The second kappa shape index (κ2) is 11.9. The molecule has 1 amide bonds. The first-order valence-electron chi connectivity index (χ1n) is 10.0. The van der Waals surface area contributed by atoms with Crippen LogP contribution in [-0.4, -0.2) is 30.2 Å². The van der Waals surface area contributed by atoms with Crippen LogP contribution in [0.15, 0.2) is 48.5 Å². The van der Waals surface area contributed by atoms with Crippen molar-refractivity contribution in [3.05, 3.63) is 59.7 Å². The van der Waals surface area contributed by atoms with Gasteiger partial charge in [0.15, 0.2) is 11.7 Å². The average Bonchev–Trinajstić information content (AvgIpc) is 2.72. The van der Waals surface area contributed by atoms with E-state index in [1.165, 1.54) is 0 Å². The van der Waals surface area contributed by atoms with Crippen molar-refractivity contribution in [3.63, 3.8) is 0 Å². The van der Waals surface area contributed by atoms with Crippen LogP contribution in [0.5, 0.6) is 5.75 Å². The maximum Gasteiger partial charge on any atom is 0.338 e. The summed E-state index contributed by atoms with van der Waals surface area (Å²) in [5.74, 6) is 0.198. The Balaban J connectivity index is 1.86. The van der Waals surface area contributed by atoms with E-state index in [9.17, 15) is 9.59 Å². The highest BCUT2D eigenvalue weighted by Crippen LogP contribution is 2.25. The fourth-order valence-electron chi connectivity index (χ4n) is 2.67. The van der Waals surface area contributed by atoms with Gasteiger partial charge in [-0.2, -0.15) is 0 Å². The van der Waals surface area contributed by atoms with Gasteiger partial charge in [0.05, 0.1) is 12.2 Å². The SMILES string of the molecule is CCCCOC(=O)c1cccc(NC(=S)NC(=O)COc2ccccc2C(C)C)c1. The molecule has 0 bridgehead atoms. The van der Waals surface area contributed by atoms with Crippen LogP contribution in [0.1, 0.15) is 55.5 Å². The van der Waals surface area contributed by atoms with Gasteiger partial charge in [-0.3, -0.25) is 10.1 Å². The number of hydrogen-bond acceptors (Lipinski definition) is 5. The first kappa shape index (κ1) is 23.3. The number of hydrogen-bond donors (Lipinski definition) is 2. The number of carbonyl (C=O) groups excluding carboxylic acids is 2. The molecule has 0 aliphatic carbocycles. The van der Waals surface area contributed by atoms with E-state index in [-0.39, 0.29) is 29.5 Å². The normalized spacial score (nSPS) is 10.4. The molecule has 0 aliphatic heterocycles. The standard InChI is InChI=1S/C23H28N2O4S/c1-4-5-13-28-22(27)17-9-8-10-18(14-17)24-23(30)25-21(26)15-29-20-12-7-6-11-19(20)16(2)3/h6-12,14,16H,4-5,13,15H2,1-3H3,(H2,24,25,26,30). The van der Waals surface area contributed by atoms with Crippen LogP contribution in [0.25, 0.3) is 0 Å². The minimum absolute atomic E-state index is 0.122. The van der Waals surface area contributed by atoms with E-state index in [1.807, 2.05) is 31.2 Å². The van der Waals surface area contributed by atoms with Crippen molar-refractivity contribution in [1.82, 2.24) is 5.32 Å². The lowest BCUT2D eigenvalue weighted by atomic mass is 10.0. The van der Waals surface area contributed by atoms with E-state index >= 15 is 0 Å². The summed E-state index contributed by atoms with van der Waals surface area (Å²) >= 11 is 5.19. The number of para-hydroxylation sites is 1. The summed E-state index contributed by atoms with van der Waals surface area (Å²) in [6, 6.07) is 14.4. The number of nitrogens with one attached hydrogen (secondary N) is 2. The summed E-state index contributed by atoms with van der Waals surface area (Å²) in [6.07, 6.45) is 1.78. The van der Waals surface area contributed by atoms with E-state index in [0.717, 1.165) is 18.4 Å². The van der Waals surface area contributed by atoms with Crippen LogP contribution in [-0.2, 0) is 9.53 Å². The van der Waals surface area contributed by atoms with Gasteiger partial charge in [0, 0.05) is 5.69 Å². The van der Waals surface area contributed by atoms with Crippen LogP contribution in [0.3, 0.4) is 0 Å². The number of ether oxygens (including phenoxy) is 2. The van der Waals surface area contributed by atoms with Crippen molar-refractivity contribution in [1.29, 1.82) is 0 Å². The Kier molecular flexibility index (Phi) is 9.28. The number of thiocarbonyl (C=S) groups is 1. The van der Waals surface area contributed by atoms with Crippen LogP contribution < -0.4 is 15.4 Å². The van der Waals surface area contributed by atoms with Crippen molar-refractivity contribution in [3.8, 4) is 5.75 Å². The lowest BCUT2D eigenvalue weighted by Crippen LogP contribution is -2.37. The maximum absolute atomic E-state index is 12.2. The van der Waals surface area contributed by atoms with E-state index in [1.54, 1.807) is 24.3 Å². The van der Waals surface area contributed by atoms with Crippen molar-refractivity contribution in [2.24, 2.45) is 0 Å². The molecule has 0 saturated heterocycles. The summed E-state index contributed by atoms with van der Waals surface area (Å²) in [4.78, 5) is 24.2. The van der Waals surface area contributed by atoms with Crippen molar-refractivity contribution in [2.75, 3.05) is 18.5 Å². The maximum atomic E-state index is 12.2. The monoisotopic (exact) mass is 428 g/mol. The Morgan fingerprint density at radius 3 is 2.60 bits per heavy atom. The largest absolute Gasteiger partial charge is 0.483 e. The predicted octanol–water partition coefficient (Wildman–Crippen LogP) is 4.66. The number of anilines is 1. The molecule has 0 aromatic heterocycles. The Labute approximate surface area is 183 Å². The second-order valence-corrected chi connectivity index (χ2v) is 7.46. The van der Waals surface area contributed by atoms with Crippen molar-refractivity contribution >= 4 is 34.9 Å². The Bertz CT molecular complexity index is 883. The van der Waals surface area contributed by atoms with Gasteiger partial charge in [-0.05, 0) is 54.4 Å².